The molecule has 1 heterocycles. The fraction of sp³-hybridized carbons (Fsp3) is 0.500. The van der Waals surface area contributed by atoms with E-state index in [1.165, 1.54) is 0 Å². The Bertz CT molecular complexity index is 234. The van der Waals surface area contributed by atoms with E-state index in [-0.39, 0.29) is 6.61 Å². The van der Waals surface area contributed by atoms with Crippen LogP contribution in [0.2, 0.25) is 17.3 Å². The summed E-state index contributed by atoms with van der Waals surface area (Å²) in [5.74, 6) is 7.47. The van der Waals surface area contributed by atoms with Gasteiger partial charge in [-0.15, -0.1) is 0 Å². The van der Waals surface area contributed by atoms with E-state index in [0.29, 0.717) is 5.76 Å². The molecular weight excluding hydrogens is 201 g/mol. The summed E-state index contributed by atoms with van der Waals surface area (Å²) in [5.41, 5.74) is 0. The molecule has 0 radical (unpaired) electrons. The third-order valence-electron chi connectivity index (χ3n) is 1.56. The molecule has 0 bridgehead atoms. The predicted molar refractivity (Wildman–Crippen MR) is 47.6 cm³/mol. The molecule has 1 aromatic rings. The summed E-state index contributed by atoms with van der Waals surface area (Å²) in [5, 5.41) is 8.74. The summed E-state index contributed by atoms with van der Waals surface area (Å²) in [6.45, 7) is 0.0122. The third-order valence-corrected chi connectivity index (χ3v) is 5.22. The summed E-state index contributed by atoms with van der Waals surface area (Å²) in [6, 6.07) is 3.84. The third kappa shape index (κ3) is 2.10. The van der Waals surface area contributed by atoms with Gasteiger partial charge in [0.15, 0.2) is 0 Å². The van der Waals surface area contributed by atoms with Crippen molar-refractivity contribution in [1.82, 2.24) is 0 Å². The standard InChI is InChI=1S/C8H14GeO2/c1-9(2,3)8-5-4-7(6-10)11-8/h4-5,10H,6H2,1-3H3. The monoisotopic (exact) mass is 216 g/mol. The Morgan fingerprint density at radius 1 is 1.36 bits per heavy atom. The Hall–Kier alpha value is -0.217. The van der Waals surface area contributed by atoms with Gasteiger partial charge < -0.3 is 0 Å². The molecule has 0 saturated heterocycles. The first-order chi connectivity index (χ1) is 5.04. The first kappa shape index (κ1) is 8.88. The topological polar surface area (TPSA) is 33.4 Å². The summed E-state index contributed by atoms with van der Waals surface area (Å²) in [7, 11) is 0. The number of hydrogen-bond acceptors (Lipinski definition) is 2. The van der Waals surface area contributed by atoms with Crippen LogP contribution in [0.5, 0.6) is 0 Å². The molecule has 1 aromatic heterocycles. The number of aliphatic hydroxyl groups excluding tert-OH is 1. The molecule has 0 spiro atoms. The molecule has 2 nitrogen and oxygen atoms in total. The molecule has 1 rings (SSSR count). The minimum absolute atomic E-state index is 0.0122. The fourth-order valence-electron chi connectivity index (χ4n) is 0.866. The maximum atomic E-state index is 8.74. The Balaban J connectivity index is 2.89. The quantitative estimate of drug-likeness (QED) is 0.754. The van der Waals surface area contributed by atoms with Crippen LogP contribution in [-0.4, -0.2) is 18.4 Å². The average Bonchev–Trinajstić information content (AvgIpc) is 2.32. The number of aliphatic hydroxyl groups is 1. The van der Waals surface area contributed by atoms with Crippen LogP contribution >= 0.6 is 0 Å². The fourth-order valence-corrected chi connectivity index (χ4v) is 3.01. The first-order valence-electron chi connectivity index (χ1n) is 3.74. The van der Waals surface area contributed by atoms with Crippen LogP contribution < -0.4 is 4.59 Å². The number of rotatable bonds is 2. The zero-order valence-electron chi connectivity index (χ0n) is 7.22. The van der Waals surface area contributed by atoms with E-state index in [1.807, 2.05) is 12.1 Å². The van der Waals surface area contributed by atoms with E-state index >= 15 is 0 Å². The molecule has 62 valence electrons. The van der Waals surface area contributed by atoms with E-state index in [9.17, 15) is 0 Å². The van der Waals surface area contributed by atoms with Crippen molar-refractivity contribution in [2.75, 3.05) is 0 Å². The first-order valence-corrected chi connectivity index (χ1v) is 11.1. The van der Waals surface area contributed by atoms with Crippen LogP contribution in [0, 0.1) is 0 Å². The zero-order chi connectivity index (χ0) is 8.48. The van der Waals surface area contributed by atoms with Gasteiger partial charge in [-0.2, -0.15) is 0 Å². The van der Waals surface area contributed by atoms with Crippen molar-refractivity contribution >= 4 is 17.9 Å². The van der Waals surface area contributed by atoms with Gasteiger partial charge in [-0.25, -0.2) is 0 Å². The molecule has 0 atom stereocenters. The second-order valence-electron chi connectivity index (χ2n) is 3.67. The molecule has 0 aliphatic heterocycles. The van der Waals surface area contributed by atoms with Gasteiger partial charge >= 0.3 is 69.2 Å². The van der Waals surface area contributed by atoms with Gasteiger partial charge in [0.05, 0.1) is 0 Å². The van der Waals surface area contributed by atoms with Crippen molar-refractivity contribution in [1.29, 1.82) is 0 Å². The number of furan rings is 1. The summed E-state index contributed by atoms with van der Waals surface area (Å²) >= 11 is -1.78. The predicted octanol–water partition coefficient (Wildman–Crippen LogP) is 1.32. The van der Waals surface area contributed by atoms with E-state index < -0.39 is 13.3 Å². The van der Waals surface area contributed by atoms with Crippen LogP contribution in [0.4, 0.5) is 0 Å². The van der Waals surface area contributed by atoms with Crippen LogP contribution in [0.25, 0.3) is 0 Å². The van der Waals surface area contributed by atoms with Gasteiger partial charge in [-0.05, 0) is 0 Å². The van der Waals surface area contributed by atoms with Crippen molar-refractivity contribution in [2.45, 2.75) is 23.9 Å². The molecule has 1 N–H and O–H groups in total. The Morgan fingerprint density at radius 2 is 2.00 bits per heavy atom. The van der Waals surface area contributed by atoms with Gasteiger partial charge in [0, 0.05) is 0 Å². The van der Waals surface area contributed by atoms with Crippen molar-refractivity contribution < 1.29 is 9.52 Å². The van der Waals surface area contributed by atoms with Gasteiger partial charge in [-0.3, -0.25) is 0 Å². The molecule has 0 aliphatic carbocycles. The van der Waals surface area contributed by atoms with Gasteiger partial charge in [0.1, 0.15) is 0 Å². The molecular formula is C8H14GeO2. The van der Waals surface area contributed by atoms with Crippen LogP contribution in [0.1, 0.15) is 5.76 Å². The molecule has 11 heavy (non-hydrogen) atoms. The molecule has 0 aliphatic rings. The SMILES string of the molecule is [CH3][Ge]([CH3])([CH3])[c]1ccc(CO)o1. The van der Waals surface area contributed by atoms with Gasteiger partial charge in [0.25, 0.3) is 0 Å². The molecule has 0 aromatic carbocycles. The molecule has 0 amide bonds. The Kier molecular flexibility index (Phi) is 2.44. The Morgan fingerprint density at radius 3 is 2.27 bits per heavy atom. The van der Waals surface area contributed by atoms with Crippen LogP contribution in [0.3, 0.4) is 0 Å². The summed E-state index contributed by atoms with van der Waals surface area (Å²) in [4.78, 5) is 0. The van der Waals surface area contributed by atoms with Crippen molar-refractivity contribution in [2.24, 2.45) is 0 Å². The second kappa shape index (κ2) is 3.03. The summed E-state index contributed by atoms with van der Waals surface area (Å²) in [6.07, 6.45) is 0. The molecule has 0 unspecified atom stereocenters. The van der Waals surface area contributed by atoms with Crippen molar-refractivity contribution in [3.63, 3.8) is 0 Å². The van der Waals surface area contributed by atoms with E-state index in [1.54, 1.807) is 0 Å². The van der Waals surface area contributed by atoms with E-state index in [4.69, 9.17) is 9.52 Å². The normalized spacial score (nSPS) is 12.0. The Labute approximate surface area is 69.6 Å². The van der Waals surface area contributed by atoms with Crippen LogP contribution in [-0.2, 0) is 6.61 Å². The van der Waals surface area contributed by atoms with E-state index in [2.05, 4.69) is 17.3 Å². The van der Waals surface area contributed by atoms with Crippen molar-refractivity contribution in [3.8, 4) is 0 Å². The number of hydrogen-bond donors (Lipinski definition) is 1. The maximum absolute atomic E-state index is 8.74. The van der Waals surface area contributed by atoms with Crippen molar-refractivity contribution in [3.05, 3.63) is 17.9 Å². The zero-order valence-corrected chi connectivity index (χ0v) is 9.32. The molecule has 0 saturated carbocycles. The minimum atomic E-state index is -1.78. The second-order valence-corrected chi connectivity index (χ2v) is 14.1. The van der Waals surface area contributed by atoms with Crippen LogP contribution in [0.15, 0.2) is 16.5 Å². The summed E-state index contributed by atoms with van der Waals surface area (Å²) < 4.78 is 6.54. The average molecular weight is 215 g/mol. The van der Waals surface area contributed by atoms with E-state index in [0.717, 1.165) is 4.59 Å². The van der Waals surface area contributed by atoms with Gasteiger partial charge in [0.2, 0.25) is 0 Å². The molecule has 0 fully saturated rings. The van der Waals surface area contributed by atoms with Gasteiger partial charge in [-0.1, -0.05) is 0 Å². The molecule has 3 heteroatoms.